The molecule has 0 aliphatic rings. The highest BCUT2D eigenvalue weighted by Gasteiger charge is 2.19. The van der Waals surface area contributed by atoms with Gasteiger partial charge in [0.2, 0.25) is 11.0 Å². The molecule has 0 aliphatic heterocycles. The van der Waals surface area contributed by atoms with Gasteiger partial charge < -0.3 is 10.1 Å². The molecule has 0 radical (unpaired) electrons. The van der Waals surface area contributed by atoms with Crippen LogP contribution in [0.3, 0.4) is 0 Å². The average Bonchev–Trinajstić information content (AvgIpc) is 3.29. The van der Waals surface area contributed by atoms with Crippen molar-refractivity contribution >= 4 is 50.0 Å². The maximum Gasteiger partial charge on any atom is 0.263 e. The van der Waals surface area contributed by atoms with Gasteiger partial charge in [0.05, 0.1) is 10.1 Å². The molecule has 1 heterocycles. The molecule has 0 spiro atoms. The summed E-state index contributed by atoms with van der Waals surface area (Å²) >= 11 is 2.52. The molecule has 11 heteroatoms. The zero-order chi connectivity index (χ0) is 24.8. The molecule has 0 saturated heterocycles. The molecule has 0 fully saturated rings. The number of ether oxygens (including phenoxy) is 1. The molecule has 0 bridgehead atoms. The molecule has 0 unspecified atom stereocenters. The number of nitrogens with one attached hydrogen (secondary N) is 2. The maximum absolute atomic E-state index is 12.8. The molecule has 35 heavy (non-hydrogen) atoms. The van der Waals surface area contributed by atoms with Crippen LogP contribution >= 0.6 is 23.3 Å². The van der Waals surface area contributed by atoms with Crippen LogP contribution in [0.1, 0.15) is 24.9 Å². The average molecular weight is 527 g/mol. The Balaban J connectivity index is 1.37. The Hall–Kier alpha value is -3.41. The Bertz CT molecular complexity index is 1390. The Morgan fingerprint density at radius 1 is 0.971 bits per heavy atom. The number of hydrogen-bond acceptors (Lipinski definition) is 8. The zero-order valence-electron chi connectivity index (χ0n) is 18.8. The highest BCUT2D eigenvalue weighted by atomic mass is 32.2. The van der Waals surface area contributed by atoms with Crippen LogP contribution in [-0.4, -0.2) is 23.7 Å². The molecular weight excluding hydrogens is 504 g/mol. The number of rotatable bonds is 9. The molecule has 1 amide bonds. The first kappa shape index (κ1) is 24.7. The van der Waals surface area contributed by atoms with Gasteiger partial charge in [0.15, 0.2) is 5.82 Å². The van der Waals surface area contributed by atoms with Gasteiger partial charge in [-0.05, 0) is 67.6 Å². The normalized spacial score (nSPS) is 12.1. The third-order valence-electron chi connectivity index (χ3n) is 4.63. The molecule has 1 atom stereocenters. The third kappa shape index (κ3) is 6.81. The smallest absolute Gasteiger partial charge is 0.263 e. The fourth-order valence-corrected chi connectivity index (χ4v) is 5.86. The van der Waals surface area contributed by atoms with Crippen molar-refractivity contribution in [2.24, 2.45) is 0 Å². The first-order valence-corrected chi connectivity index (χ1v) is 13.7. The van der Waals surface area contributed by atoms with Gasteiger partial charge in [-0.15, -0.1) is 11.8 Å². The predicted molar refractivity (Wildman–Crippen MR) is 139 cm³/mol. The predicted octanol–water partition coefficient (Wildman–Crippen LogP) is 5.94. The van der Waals surface area contributed by atoms with Crippen molar-refractivity contribution in [2.45, 2.75) is 28.9 Å². The van der Waals surface area contributed by atoms with Crippen molar-refractivity contribution in [1.82, 2.24) is 9.36 Å². The summed E-state index contributed by atoms with van der Waals surface area (Å²) in [5, 5.41) is 2.81. The number of nitrogens with zero attached hydrogens (tertiary/aromatic N) is 2. The highest BCUT2D eigenvalue weighted by molar-refractivity contribution is 7.99. The largest absolute Gasteiger partial charge is 0.457 e. The van der Waals surface area contributed by atoms with E-state index in [1.54, 1.807) is 12.1 Å². The molecule has 0 saturated carbocycles. The topological polar surface area (TPSA) is 110 Å². The van der Waals surface area contributed by atoms with Crippen molar-refractivity contribution in [3.63, 3.8) is 0 Å². The van der Waals surface area contributed by atoms with Crippen LogP contribution in [0, 0.1) is 0 Å². The standard InChI is InChI=1S/C24H22N4O4S3/c1-16(33-21-12-8-18(9-13-21)25-17(2)29)23-26-24(34-27-23)28-35(30,31)22-14-10-20(11-15-22)32-19-6-4-3-5-7-19/h3-16H,1-2H3,(H,25,29)(H,26,27,28)/t16-/m1/s1. The molecular formula is C24H22N4O4S3. The number of thioether (sulfide) groups is 1. The number of sulfonamides is 1. The minimum Gasteiger partial charge on any atom is -0.457 e. The third-order valence-corrected chi connectivity index (χ3v) is 7.86. The van der Waals surface area contributed by atoms with Crippen LogP contribution in [0.5, 0.6) is 11.5 Å². The van der Waals surface area contributed by atoms with E-state index in [9.17, 15) is 13.2 Å². The summed E-state index contributed by atoms with van der Waals surface area (Å²) in [5.74, 6) is 1.59. The number of benzene rings is 3. The summed E-state index contributed by atoms with van der Waals surface area (Å²) in [4.78, 5) is 16.6. The van der Waals surface area contributed by atoms with E-state index in [2.05, 4.69) is 19.4 Å². The zero-order valence-corrected chi connectivity index (χ0v) is 21.3. The molecule has 0 aliphatic carbocycles. The van der Waals surface area contributed by atoms with E-state index in [0.717, 1.165) is 22.1 Å². The number of para-hydroxylation sites is 1. The second-order valence-electron chi connectivity index (χ2n) is 7.42. The van der Waals surface area contributed by atoms with Crippen molar-refractivity contribution in [3.05, 3.63) is 84.7 Å². The van der Waals surface area contributed by atoms with Crippen LogP contribution in [0.25, 0.3) is 0 Å². The maximum atomic E-state index is 12.8. The number of aromatic nitrogens is 2. The number of carbonyl (C=O) groups excluding carboxylic acids is 1. The van der Waals surface area contributed by atoms with Crippen LogP contribution in [0.15, 0.2) is 88.7 Å². The summed E-state index contributed by atoms with van der Waals surface area (Å²) in [5.41, 5.74) is 0.720. The van der Waals surface area contributed by atoms with Gasteiger partial charge in [-0.25, -0.2) is 13.4 Å². The van der Waals surface area contributed by atoms with Crippen LogP contribution in [0.2, 0.25) is 0 Å². The Morgan fingerprint density at radius 3 is 2.29 bits per heavy atom. The van der Waals surface area contributed by atoms with Crippen molar-refractivity contribution in [2.75, 3.05) is 10.0 Å². The lowest BCUT2D eigenvalue weighted by Gasteiger charge is -2.09. The number of amides is 1. The first-order valence-electron chi connectivity index (χ1n) is 10.5. The molecule has 180 valence electrons. The van der Waals surface area contributed by atoms with Gasteiger partial charge in [0, 0.05) is 29.0 Å². The monoisotopic (exact) mass is 526 g/mol. The van der Waals surface area contributed by atoms with Crippen molar-refractivity contribution in [3.8, 4) is 11.5 Å². The summed E-state index contributed by atoms with van der Waals surface area (Å²) in [7, 11) is -3.83. The quantitative estimate of drug-likeness (QED) is 0.260. The number of hydrogen-bond donors (Lipinski definition) is 2. The second kappa shape index (κ2) is 10.9. The lowest BCUT2D eigenvalue weighted by molar-refractivity contribution is -0.114. The van der Waals surface area contributed by atoms with E-state index in [0.29, 0.717) is 17.3 Å². The van der Waals surface area contributed by atoms with Gasteiger partial charge in [-0.3, -0.25) is 9.52 Å². The fraction of sp³-hybridized carbons (Fsp3) is 0.125. The molecule has 4 aromatic rings. The summed E-state index contributed by atoms with van der Waals surface area (Å²) in [6.07, 6.45) is 0. The number of carbonyl (C=O) groups is 1. The first-order chi connectivity index (χ1) is 16.8. The lowest BCUT2D eigenvalue weighted by atomic mass is 10.3. The van der Waals surface area contributed by atoms with E-state index >= 15 is 0 Å². The second-order valence-corrected chi connectivity index (χ2v) is 11.3. The van der Waals surface area contributed by atoms with Gasteiger partial charge in [0.1, 0.15) is 11.5 Å². The van der Waals surface area contributed by atoms with Gasteiger partial charge in [-0.2, -0.15) is 4.37 Å². The van der Waals surface area contributed by atoms with E-state index in [-0.39, 0.29) is 21.2 Å². The van der Waals surface area contributed by atoms with E-state index in [1.807, 2.05) is 61.5 Å². The van der Waals surface area contributed by atoms with E-state index in [1.165, 1.54) is 30.8 Å². The lowest BCUT2D eigenvalue weighted by Crippen LogP contribution is -2.12. The van der Waals surface area contributed by atoms with Gasteiger partial charge >= 0.3 is 0 Å². The Morgan fingerprint density at radius 2 is 1.63 bits per heavy atom. The van der Waals surface area contributed by atoms with E-state index in [4.69, 9.17) is 4.74 Å². The summed E-state index contributed by atoms with van der Waals surface area (Å²) < 4.78 is 38.1. The molecule has 4 rings (SSSR count). The fourth-order valence-electron chi connectivity index (χ4n) is 3.00. The van der Waals surface area contributed by atoms with Crippen molar-refractivity contribution < 1.29 is 17.9 Å². The minimum atomic E-state index is -3.83. The molecule has 3 aromatic carbocycles. The van der Waals surface area contributed by atoms with Crippen molar-refractivity contribution in [1.29, 1.82) is 0 Å². The molecule has 8 nitrogen and oxygen atoms in total. The van der Waals surface area contributed by atoms with Crippen LogP contribution < -0.4 is 14.8 Å². The van der Waals surface area contributed by atoms with Gasteiger partial charge in [-0.1, -0.05) is 18.2 Å². The number of anilines is 2. The highest BCUT2D eigenvalue weighted by Crippen LogP contribution is 2.35. The minimum absolute atomic E-state index is 0.0938. The summed E-state index contributed by atoms with van der Waals surface area (Å²) in [6.45, 7) is 3.40. The van der Waals surface area contributed by atoms with Gasteiger partial charge in [0.25, 0.3) is 10.0 Å². The van der Waals surface area contributed by atoms with E-state index < -0.39 is 10.0 Å². The molecule has 2 N–H and O–H groups in total. The van der Waals surface area contributed by atoms with Crippen LogP contribution in [0.4, 0.5) is 10.8 Å². The Labute approximate surface area is 212 Å². The Kier molecular flexibility index (Phi) is 7.69. The van der Waals surface area contributed by atoms with Crippen LogP contribution in [-0.2, 0) is 14.8 Å². The SMILES string of the molecule is CC(=O)Nc1ccc(S[C@H](C)c2nsc(NS(=O)(=O)c3ccc(Oc4ccccc4)cc3)n2)cc1. The summed E-state index contributed by atoms with van der Waals surface area (Å²) in [6, 6.07) is 22.8. The molecule has 1 aromatic heterocycles.